The van der Waals surface area contributed by atoms with Crippen molar-refractivity contribution in [3.8, 4) is 23.0 Å². The molecule has 3 rings (SSSR count). The molecule has 0 saturated carbocycles. The smallest absolute Gasteiger partial charge is 0.364 e. The van der Waals surface area contributed by atoms with Crippen LogP contribution < -0.4 is 18.9 Å². The Labute approximate surface area is 154 Å². The van der Waals surface area contributed by atoms with Crippen LogP contribution in [0.3, 0.4) is 0 Å². The van der Waals surface area contributed by atoms with Crippen molar-refractivity contribution in [2.45, 2.75) is 0 Å². The highest BCUT2D eigenvalue weighted by Gasteiger charge is 2.25. The predicted molar refractivity (Wildman–Crippen MR) is 94.5 cm³/mol. The van der Waals surface area contributed by atoms with Gasteiger partial charge in [0.15, 0.2) is 34.4 Å². The van der Waals surface area contributed by atoms with Crippen LogP contribution >= 0.6 is 0 Å². The molecule has 1 heterocycles. The van der Waals surface area contributed by atoms with Crippen LogP contribution in [0.1, 0.15) is 21.0 Å². The lowest BCUT2D eigenvalue weighted by atomic mass is 10.3. The summed E-state index contributed by atoms with van der Waals surface area (Å²) in [5, 5.41) is 0. The maximum Gasteiger partial charge on any atom is 0.364 e. The fraction of sp³-hybridized carbons (Fsp3) is 0.105. The van der Waals surface area contributed by atoms with Crippen molar-refractivity contribution < 1.29 is 28.5 Å². The number of carbonyl (C=O) groups excluding carboxylic acids is 2. The van der Waals surface area contributed by atoms with Gasteiger partial charge in [-0.2, -0.15) is 0 Å². The van der Waals surface area contributed by atoms with E-state index < -0.39 is 11.9 Å². The minimum atomic E-state index is -0.826. The molecule has 27 heavy (non-hydrogen) atoms. The summed E-state index contributed by atoms with van der Waals surface area (Å²) in [6.45, 7) is 0. The number of imidazole rings is 1. The number of nitrogens with zero attached hydrogens (tertiary/aromatic N) is 1. The monoisotopic (exact) mass is 368 g/mol. The van der Waals surface area contributed by atoms with E-state index in [1.54, 1.807) is 48.5 Å². The highest BCUT2D eigenvalue weighted by Crippen LogP contribution is 2.28. The van der Waals surface area contributed by atoms with E-state index >= 15 is 0 Å². The van der Waals surface area contributed by atoms with Crippen molar-refractivity contribution in [3.63, 3.8) is 0 Å². The maximum atomic E-state index is 12.5. The third kappa shape index (κ3) is 3.90. The van der Waals surface area contributed by atoms with E-state index in [4.69, 9.17) is 18.9 Å². The maximum absolute atomic E-state index is 12.5. The fourth-order valence-corrected chi connectivity index (χ4v) is 2.31. The molecule has 0 aliphatic rings. The molecule has 1 N–H and O–H groups in total. The van der Waals surface area contributed by atoms with E-state index in [1.807, 2.05) is 0 Å². The zero-order valence-corrected chi connectivity index (χ0v) is 14.6. The predicted octanol–water partition coefficient (Wildman–Crippen LogP) is 2.87. The number of para-hydroxylation sites is 4. The molecule has 0 fully saturated rings. The van der Waals surface area contributed by atoms with Crippen LogP contribution in [0.4, 0.5) is 0 Å². The lowest BCUT2D eigenvalue weighted by molar-refractivity contribution is 0.0680. The van der Waals surface area contributed by atoms with E-state index in [0.29, 0.717) is 11.5 Å². The number of hydrogen-bond acceptors (Lipinski definition) is 7. The quantitative estimate of drug-likeness (QED) is 0.527. The molecular weight excluding hydrogens is 352 g/mol. The minimum Gasteiger partial charge on any atom is -0.493 e. The molecule has 8 heteroatoms. The van der Waals surface area contributed by atoms with Gasteiger partial charge >= 0.3 is 11.9 Å². The number of carbonyl (C=O) groups is 2. The number of H-pyrrole nitrogens is 1. The summed E-state index contributed by atoms with van der Waals surface area (Å²) < 4.78 is 20.9. The number of benzene rings is 2. The van der Waals surface area contributed by atoms with Gasteiger partial charge in [-0.15, -0.1) is 0 Å². The van der Waals surface area contributed by atoms with Gasteiger partial charge in [-0.05, 0) is 24.3 Å². The second-order valence-corrected chi connectivity index (χ2v) is 5.21. The highest BCUT2D eigenvalue weighted by atomic mass is 16.6. The van der Waals surface area contributed by atoms with Gasteiger partial charge in [0.05, 0.1) is 20.5 Å². The van der Waals surface area contributed by atoms with Gasteiger partial charge in [-0.3, -0.25) is 0 Å². The van der Waals surface area contributed by atoms with Crippen LogP contribution in [0, 0.1) is 0 Å². The summed E-state index contributed by atoms with van der Waals surface area (Å²) in [5.41, 5.74) is -0.346. The third-order valence-corrected chi connectivity index (χ3v) is 3.58. The Morgan fingerprint density at radius 1 is 0.778 bits per heavy atom. The van der Waals surface area contributed by atoms with Crippen molar-refractivity contribution >= 4 is 11.9 Å². The van der Waals surface area contributed by atoms with E-state index in [2.05, 4.69) is 9.97 Å². The largest absolute Gasteiger partial charge is 0.493 e. The molecule has 0 aliphatic carbocycles. The van der Waals surface area contributed by atoms with Gasteiger partial charge in [0.1, 0.15) is 0 Å². The second-order valence-electron chi connectivity index (χ2n) is 5.21. The first-order chi connectivity index (χ1) is 13.1. The molecule has 8 nitrogen and oxygen atoms in total. The van der Waals surface area contributed by atoms with Crippen LogP contribution in [0.15, 0.2) is 54.9 Å². The first kappa shape index (κ1) is 18.0. The molecule has 1 aromatic heterocycles. The summed E-state index contributed by atoms with van der Waals surface area (Å²) in [7, 11) is 2.91. The Kier molecular flexibility index (Phi) is 5.36. The van der Waals surface area contributed by atoms with Gasteiger partial charge in [0, 0.05) is 0 Å². The van der Waals surface area contributed by atoms with Gasteiger partial charge in [0.25, 0.3) is 0 Å². The summed E-state index contributed by atoms with van der Waals surface area (Å²) in [6, 6.07) is 13.3. The van der Waals surface area contributed by atoms with E-state index in [0.717, 1.165) is 0 Å². The summed E-state index contributed by atoms with van der Waals surface area (Å²) in [4.78, 5) is 31.4. The molecule has 138 valence electrons. The lowest BCUT2D eigenvalue weighted by Gasteiger charge is -2.09. The van der Waals surface area contributed by atoms with E-state index in [-0.39, 0.29) is 22.9 Å². The number of esters is 2. The Morgan fingerprint density at radius 3 is 1.78 bits per heavy atom. The molecule has 0 atom stereocenters. The van der Waals surface area contributed by atoms with Crippen molar-refractivity contribution in [1.29, 1.82) is 0 Å². The molecule has 0 aliphatic heterocycles. The fourth-order valence-electron chi connectivity index (χ4n) is 2.31. The highest BCUT2D eigenvalue weighted by molar-refractivity contribution is 6.02. The Hall–Kier alpha value is -3.81. The molecule has 2 aromatic carbocycles. The topological polar surface area (TPSA) is 99.7 Å². The van der Waals surface area contributed by atoms with E-state index in [1.165, 1.54) is 20.5 Å². The Balaban J connectivity index is 1.81. The zero-order valence-electron chi connectivity index (χ0n) is 14.6. The van der Waals surface area contributed by atoms with Crippen LogP contribution in [0.25, 0.3) is 0 Å². The average molecular weight is 368 g/mol. The lowest BCUT2D eigenvalue weighted by Crippen LogP contribution is -2.18. The van der Waals surface area contributed by atoms with E-state index in [9.17, 15) is 9.59 Å². The number of aromatic nitrogens is 2. The van der Waals surface area contributed by atoms with Crippen molar-refractivity contribution in [3.05, 3.63) is 66.2 Å². The first-order valence-electron chi connectivity index (χ1n) is 7.87. The summed E-state index contributed by atoms with van der Waals surface area (Å²) in [6.07, 6.45) is 1.21. The molecule has 0 radical (unpaired) electrons. The van der Waals surface area contributed by atoms with Crippen molar-refractivity contribution in [1.82, 2.24) is 9.97 Å². The summed E-state index contributed by atoms with van der Waals surface area (Å²) >= 11 is 0. The molecule has 0 spiro atoms. The zero-order chi connectivity index (χ0) is 19.2. The van der Waals surface area contributed by atoms with Crippen LogP contribution in [0.2, 0.25) is 0 Å². The molecule has 0 unspecified atom stereocenters. The van der Waals surface area contributed by atoms with Gasteiger partial charge in [0.2, 0.25) is 0 Å². The van der Waals surface area contributed by atoms with Gasteiger partial charge in [-0.1, -0.05) is 24.3 Å². The molecule has 0 bridgehead atoms. The number of aromatic amines is 1. The molecular formula is C19H16N2O6. The first-order valence-corrected chi connectivity index (χ1v) is 7.87. The Morgan fingerprint density at radius 2 is 1.26 bits per heavy atom. The summed E-state index contributed by atoms with van der Waals surface area (Å²) in [5.74, 6) is -0.458. The normalized spacial score (nSPS) is 10.1. The number of methoxy groups -OCH3 is 2. The van der Waals surface area contributed by atoms with Crippen LogP contribution in [0.5, 0.6) is 23.0 Å². The number of hydrogen-bond donors (Lipinski definition) is 1. The molecule has 3 aromatic rings. The van der Waals surface area contributed by atoms with Crippen LogP contribution in [-0.2, 0) is 0 Å². The number of nitrogens with one attached hydrogen (secondary N) is 1. The number of rotatable bonds is 6. The third-order valence-electron chi connectivity index (χ3n) is 3.58. The minimum absolute atomic E-state index is 0.138. The molecule has 0 saturated heterocycles. The second kappa shape index (κ2) is 8.05. The van der Waals surface area contributed by atoms with Gasteiger partial charge < -0.3 is 23.9 Å². The van der Waals surface area contributed by atoms with Crippen molar-refractivity contribution in [2.75, 3.05) is 14.2 Å². The SMILES string of the molecule is COc1ccccc1OC(=O)c1nc[nH]c1C(=O)Oc1ccccc1OC. The van der Waals surface area contributed by atoms with Gasteiger partial charge in [-0.25, -0.2) is 14.6 Å². The number of ether oxygens (including phenoxy) is 4. The van der Waals surface area contributed by atoms with Crippen LogP contribution in [-0.4, -0.2) is 36.1 Å². The molecule has 0 amide bonds. The Bertz CT molecular complexity index is 890. The average Bonchev–Trinajstić information content (AvgIpc) is 3.19. The standard InChI is InChI=1S/C19H16N2O6/c1-24-12-7-3-5-9-14(12)26-18(22)16-17(21-11-20-16)19(23)27-15-10-6-4-8-13(15)25-2/h3-11H,1-2H3,(H,20,21). The van der Waals surface area contributed by atoms with Crippen molar-refractivity contribution in [2.24, 2.45) is 0 Å².